The van der Waals surface area contributed by atoms with Crippen molar-refractivity contribution in [3.63, 3.8) is 0 Å². The van der Waals surface area contributed by atoms with E-state index >= 15 is 0 Å². The van der Waals surface area contributed by atoms with E-state index < -0.39 is 12.1 Å². The Hall–Kier alpha value is -1.26. The van der Waals surface area contributed by atoms with Gasteiger partial charge in [0.2, 0.25) is 11.8 Å². The van der Waals surface area contributed by atoms with Crippen molar-refractivity contribution < 1.29 is 29.3 Å². The van der Waals surface area contributed by atoms with E-state index in [0.29, 0.717) is 19.8 Å². The van der Waals surface area contributed by atoms with Crippen molar-refractivity contribution >= 4 is 11.8 Å². The lowest BCUT2D eigenvalue weighted by Gasteiger charge is -2.18. The van der Waals surface area contributed by atoms with E-state index in [1.165, 1.54) is 6.92 Å². The summed E-state index contributed by atoms with van der Waals surface area (Å²) in [5, 5.41) is 26.1. The fraction of sp³-hybridized carbons (Fsp3) is 0.857. The molecule has 9 nitrogen and oxygen atoms in total. The molecule has 0 bridgehead atoms. The molecular formula is C14H29N3O6. The summed E-state index contributed by atoms with van der Waals surface area (Å²) in [6.45, 7) is 4.17. The summed E-state index contributed by atoms with van der Waals surface area (Å²) in [6, 6.07) is -0.952. The molecule has 2 amide bonds. The third kappa shape index (κ3) is 11.0. The molecule has 0 aliphatic rings. The number of nitrogens with one attached hydrogen (secondary N) is 3. The number of rotatable bonds is 13. The molecule has 0 fully saturated rings. The number of ether oxygens (including phenoxy) is 2. The number of carbonyl (C=O) groups is 2. The Bertz CT molecular complexity index is 340. The summed E-state index contributed by atoms with van der Waals surface area (Å²) < 4.78 is 10.4. The van der Waals surface area contributed by atoms with Gasteiger partial charge in [-0.1, -0.05) is 0 Å². The smallest absolute Gasteiger partial charge is 0.246 e. The zero-order valence-electron chi connectivity index (χ0n) is 14.0. The zero-order chi connectivity index (χ0) is 17.7. The number of aliphatic hydroxyl groups is 2. The first-order chi connectivity index (χ1) is 10.9. The molecule has 3 atom stereocenters. The molecule has 0 saturated carbocycles. The summed E-state index contributed by atoms with van der Waals surface area (Å²) in [5.74, 6) is -0.591. The second-order valence-corrected chi connectivity index (χ2v) is 5.11. The predicted octanol–water partition coefficient (Wildman–Crippen LogP) is -2.40. The molecule has 0 aliphatic carbocycles. The Balaban J connectivity index is 3.53. The van der Waals surface area contributed by atoms with E-state index in [-0.39, 0.29) is 37.7 Å². The molecule has 3 unspecified atom stereocenters. The highest BCUT2D eigenvalue weighted by Gasteiger charge is 2.20. The monoisotopic (exact) mass is 335 g/mol. The maximum Gasteiger partial charge on any atom is 0.246 e. The number of carbonyl (C=O) groups excluding carboxylic acids is 2. The van der Waals surface area contributed by atoms with Crippen molar-refractivity contribution in [2.24, 2.45) is 0 Å². The van der Waals surface area contributed by atoms with Crippen molar-refractivity contribution in [2.45, 2.75) is 32.0 Å². The van der Waals surface area contributed by atoms with Crippen molar-refractivity contribution in [1.82, 2.24) is 16.0 Å². The first kappa shape index (κ1) is 21.7. The molecule has 0 aromatic carbocycles. The van der Waals surface area contributed by atoms with Gasteiger partial charge in [-0.3, -0.25) is 9.59 Å². The van der Waals surface area contributed by atoms with Gasteiger partial charge in [0.05, 0.1) is 32.5 Å². The number of aliphatic hydroxyl groups excluding tert-OH is 2. The number of likely N-dealkylation sites (N-methyl/N-ethyl adjacent to an activating group) is 1. The van der Waals surface area contributed by atoms with Crippen molar-refractivity contribution in [2.75, 3.05) is 46.6 Å². The molecule has 23 heavy (non-hydrogen) atoms. The van der Waals surface area contributed by atoms with Crippen LogP contribution in [0.4, 0.5) is 0 Å². The minimum atomic E-state index is -0.783. The van der Waals surface area contributed by atoms with Gasteiger partial charge in [-0.05, 0) is 20.9 Å². The van der Waals surface area contributed by atoms with Gasteiger partial charge in [0.15, 0.2) is 0 Å². The largest absolute Gasteiger partial charge is 0.394 e. The Morgan fingerprint density at radius 1 is 1.13 bits per heavy atom. The predicted molar refractivity (Wildman–Crippen MR) is 83.9 cm³/mol. The first-order valence-corrected chi connectivity index (χ1v) is 7.61. The van der Waals surface area contributed by atoms with Crippen LogP contribution in [0.25, 0.3) is 0 Å². The van der Waals surface area contributed by atoms with Crippen LogP contribution in [0, 0.1) is 0 Å². The Kier molecular flexibility index (Phi) is 12.5. The molecule has 0 aromatic heterocycles. The van der Waals surface area contributed by atoms with E-state index in [0.717, 1.165) is 0 Å². The number of amides is 2. The van der Waals surface area contributed by atoms with Crippen LogP contribution in [0.3, 0.4) is 0 Å². The summed E-state index contributed by atoms with van der Waals surface area (Å²) in [5.41, 5.74) is 0. The van der Waals surface area contributed by atoms with Gasteiger partial charge in [0.1, 0.15) is 12.6 Å². The van der Waals surface area contributed by atoms with Gasteiger partial charge in [0, 0.05) is 12.6 Å². The normalized spacial score (nSPS) is 14.8. The fourth-order valence-electron chi connectivity index (χ4n) is 1.69. The zero-order valence-corrected chi connectivity index (χ0v) is 14.0. The number of hydrogen-bond donors (Lipinski definition) is 5. The maximum atomic E-state index is 11.7. The van der Waals surface area contributed by atoms with Crippen molar-refractivity contribution in [3.8, 4) is 0 Å². The van der Waals surface area contributed by atoms with Crippen LogP contribution < -0.4 is 16.0 Å². The second kappa shape index (κ2) is 13.2. The van der Waals surface area contributed by atoms with Crippen LogP contribution in [-0.4, -0.2) is 86.8 Å². The lowest BCUT2D eigenvalue weighted by atomic mass is 10.2. The van der Waals surface area contributed by atoms with Crippen LogP contribution in [0.15, 0.2) is 0 Å². The molecule has 136 valence electrons. The molecule has 0 saturated heterocycles. The second-order valence-electron chi connectivity index (χ2n) is 5.11. The molecule has 0 radical (unpaired) electrons. The highest BCUT2D eigenvalue weighted by atomic mass is 16.5. The maximum absolute atomic E-state index is 11.7. The van der Waals surface area contributed by atoms with Crippen LogP contribution >= 0.6 is 0 Å². The molecule has 9 heteroatoms. The Labute approximate surface area is 136 Å². The number of hydrogen-bond acceptors (Lipinski definition) is 7. The molecule has 5 N–H and O–H groups in total. The molecule has 0 spiro atoms. The highest BCUT2D eigenvalue weighted by molar-refractivity contribution is 5.82. The molecule has 0 rings (SSSR count). The Morgan fingerprint density at radius 2 is 1.78 bits per heavy atom. The summed E-state index contributed by atoms with van der Waals surface area (Å²) in [4.78, 5) is 23.0. The van der Waals surface area contributed by atoms with Gasteiger partial charge in [0.25, 0.3) is 0 Å². The summed E-state index contributed by atoms with van der Waals surface area (Å²) in [6.07, 6.45) is -0.783. The van der Waals surface area contributed by atoms with Crippen LogP contribution in [0.1, 0.15) is 13.8 Å². The van der Waals surface area contributed by atoms with Crippen LogP contribution in [-0.2, 0) is 19.1 Å². The molecule has 0 heterocycles. The summed E-state index contributed by atoms with van der Waals surface area (Å²) in [7, 11) is 1.60. The SMILES string of the molecule is CNC(C(=O)NCCOCCOCC(=O)NC(C)CO)C(C)O. The van der Waals surface area contributed by atoms with Gasteiger partial charge in [-0.25, -0.2) is 0 Å². The average Bonchev–Trinajstić information content (AvgIpc) is 2.49. The van der Waals surface area contributed by atoms with Gasteiger partial charge in [-0.15, -0.1) is 0 Å². The third-order valence-electron chi connectivity index (χ3n) is 2.91. The van der Waals surface area contributed by atoms with Gasteiger partial charge >= 0.3 is 0 Å². The van der Waals surface area contributed by atoms with Crippen LogP contribution in [0.5, 0.6) is 0 Å². The van der Waals surface area contributed by atoms with E-state index in [4.69, 9.17) is 14.6 Å². The van der Waals surface area contributed by atoms with Gasteiger partial charge in [-0.2, -0.15) is 0 Å². The van der Waals surface area contributed by atoms with Crippen LogP contribution in [0.2, 0.25) is 0 Å². The van der Waals surface area contributed by atoms with E-state index in [1.807, 2.05) is 0 Å². The lowest BCUT2D eigenvalue weighted by Crippen LogP contribution is -2.49. The minimum absolute atomic E-state index is 0.0946. The molecule has 0 aliphatic heterocycles. The average molecular weight is 335 g/mol. The molecular weight excluding hydrogens is 306 g/mol. The Morgan fingerprint density at radius 3 is 2.35 bits per heavy atom. The topological polar surface area (TPSA) is 129 Å². The quantitative estimate of drug-likeness (QED) is 0.237. The highest BCUT2D eigenvalue weighted by Crippen LogP contribution is 1.91. The standard InChI is InChI=1S/C14H29N3O6/c1-10(8-18)17-12(20)9-23-7-6-22-5-4-16-14(21)13(15-3)11(2)19/h10-11,13,15,18-19H,4-9H2,1-3H3,(H,16,21)(H,17,20). The summed E-state index contributed by atoms with van der Waals surface area (Å²) >= 11 is 0. The minimum Gasteiger partial charge on any atom is -0.394 e. The first-order valence-electron chi connectivity index (χ1n) is 7.61. The fourth-order valence-corrected chi connectivity index (χ4v) is 1.69. The lowest BCUT2D eigenvalue weighted by molar-refractivity contribution is -0.127. The van der Waals surface area contributed by atoms with E-state index in [9.17, 15) is 14.7 Å². The molecule has 0 aromatic rings. The van der Waals surface area contributed by atoms with Gasteiger partial charge < -0.3 is 35.6 Å². The third-order valence-corrected chi connectivity index (χ3v) is 2.91. The van der Waals surface area contributed by atoms with Crippen molar-refractivity contribution in [3.05, 3.63) is 0 Å². The van der Waals surface area contributed by atoms with E-state index in [1.54, 1.807) is 14.0 Å². The van der Waals surface area contributed by atoms with E-state index in [2.05, 4.69) is 16.0 Å². The van der Waals surface area contributed by atoms with Crippen molar-refractivity contribution in [1.29, 1.82) is 0 Å².